The van der Waals surface area contributed by atoms with Crippen molar-refractivity contribution in [3.63, 3.8) is 0 Å². The van der Waals surface area contributed by atoms with Gasteiger partial charge in [0.1, 0.15) is 4.90 Å². The molecule has 1 aliphatic rings. The van der Waals surface area contributed by atoms with Crippen LogP contribution in [0.5, 0.6) is 0 Å². The monoisotopic (exact) mass is 943 g/mol. The Morgan fingerprint density at radius 1 is 0.905 bits per heavy atom. The Morgan fingerprint density at radius 2 is 1.56 bits per heavy atom. The number of carbonyl (C=O) groups is 1. The highest BCUT2D eigenvalue weighted by atomic mass is 35.5. The van der Waals surface area contributed by atoms with E-state index < -0.39 is 52.8 Å². The molecule has 0 aliphatic carbocycles. The molecule has 2 unspecified atom stereocenters. The Bertz CT molecular complexity index is 2550. The normalized spacial score (nSPS) is 15.0. The van der Waals surface area contributed by atoms with E-state index in [4.69, 9.17) is 17.3 Å². The lowest BCUT2D eigenvalue weighted by Crippen LogP contribution is -2.37. The third-order valence-electron chi connectivity index (χ3n) is 11.0. The molecule has 0 radical (unpaired) electrons. The Balaban J connectivity index is 1.14. The van der Waals surface area contributed by atoms with Crippen molar-refractivity contribution in [2.24, 2.45) is 11.7 Å². The van der Waals surface area contributed by atoms with Gasteiger partial charge in [-0.2, -0.15) is 13.2 Å². The molecule has 1 saturated heterocycles. The van der Waals surface area contributed by atoms with Crippen LogP contribution in [-0.4, -0.2) is 89.9 Å². The maximum absolute atomic E-state index is 14.1. The number of benzene rings is 5. The number of sulfonamides is 1. The average molecular weight is 945 g/mol. The summed E-state index contributed by atoms with van der Waals surface area (Å²) in [5.41, 5.74) is 4.54. The summed E-state index contributed by atoms with van der Waals surface area (Å²) in [5.74, 6) is -0.547. The highest BCUT2D eigenvalue weighted by Crippen LogP contribution is 2.38. The van der Waals surface area contributed by atoms with Crippen molar-refractivity contribution in [2.45, 2.75) is 51.5 Å². The van der Waals surface area contributed by atoms with Gasteiger partial charge in [0, 0.05) is 58.6 Å². The lowest BCUT2D eigenvalue weighted by Gasteiger charge is -2.36. The Labute approximate surface area is 375 Å². The molecule has 2 atom stereocenters. The minimum Gasteiger partial charge on any atom is -0.395 e. The number of anilines is 2. The van der Waals surface area contributed by atoms with Crippen molar-refractivity contribution in [1.29, 1.82) is 0 Å². The summed E-state index contributed by atoms with van der Waals surface area (Å²) in [4.78, 5) is 16.0. The zero-order valence-corrected chi connectivity index (χ0v) is 37.5. The molecule has 1 fully saturated rings. The van der Waals surface area contributed by atoms with Crippen molar-refractivity contribution in [1.82, 2.24) is 9.62 Å². The Kier molecular flexibility index (Phi) is 15.9. The van der Waals surface area contributed by atoms with Gasteiger partial charge in [-0.25, -0.2) is 21.6 Å². The van der Waals surface area contributed by atoms with Gasteiger partial charge < -0.3 is 26.0 Å². The number of hydrogen-bond acceptors (Lipinski definition) is 11. The second kappa shape index (κ2) is 20.9. The predicted molar refractivity (Wildman–Crippen MR) is 243 cm³/mol. The summed E-state index contributed by atoms with van der Waals surface area (Å²) >= 11 is 7.51. The second-order valence-corrected chi connectivity index (χ2v) is 20.4. The number of halogens is 4. The number of aliphatic hydroxyl groups is 1. The highest BCUT2D eigenvalue weighted by molar-refractivity contribution is 7.99. The summed E-state index contributed by atoms with van der Waals surface area (Å²) in [6.07, 6.45) is 1.93. The van der Waals surface area contributed by atoms with Crippen LogP contribution >= 0.6 is 23.4 Å². The minimum absolute atomic E-state index is 0.0376. The van der Waals surface area contributed by atoms with Gasteiger partial charge in [-0.3, -0.25) is 4.79 Å². The zero-order valence-electron chi connectivity index (χ0n) is 34.3. The largest absolute Gasteiger partial charge is 0.501 e. The van der Waals surface area contributed by atoms with Gasteiger partial charge in [0.05, 0.1) is 17.2 Å². The number of aliphatic hydroxyl groups excluding tert-OH is 1. The molecule has 1 aliphatic heterocycles. The van der Waals surface area contributed by atoms with E-state index in [1.807, 2.05) is 88.5 Å². The van der Waals surface area contributed by atoms with Crippen molar-refractivity contribution in [3.8, 4) is 11.1 Å². The lowest BCUT2D eigenvalue weighted by atomic mass is 9.83. The fourth-order valence-electron chi connectivity index (χ4n) is 7.44. The number of alkyl halides is 3. The van der Waals surface area contributed by atoms with Crippen LogP contribution in [0.2, 0.25) is 5.02 Å². The number of piperidine rings is 1. The van der Waals surface area contributed by atoms with E-state index in [0.29, 0.717) is 49.4 Å². The van der Waals surface area contributed by atoms with Crippen LogP contribution in [0.15, 0.2) is 136 Å². The van der Waals surface area contributed by atoms with E-state index in [-0.39, 0.29) is 24.1 Å². The first-order chi connectivity index (χ1) is 30.0. The predicted octanol–water partition coefficient (Wildman–Crippen LogP) is 8.22. The van der Waals surface area contributed by atoms with Crippen LogP contribution in [-0.2, 0) is 19.9 Å². The molecule has 0 bridgehead atoms. The second-order valence-electron chi connectivity index (χ2n) is 15.3. The molecule has 0 aromatic heterocycles. The first-order valence-electron chi connectivity index (χ1n) is 20.2. The van der Waals surface area contributed by atoms with Crippen LogP contribution in [0.3, 0.4) is 0 Å². The Morgan fingerprint density at radius 3 is 2.21 bits per heavy atom. The summed E-state index contributed by atoms with van der Waals surface area (Å²) < 4.78 is 97.1. The number of sulfone groups is 1. The van der Waals surface area contributed by atoms with Gasteiger partial charge in [0.15, 0.2) is 0 Å². The molecule has 1 heterocycles. The number of nitrogens with two attached hydrogens (primary N) is 1. The molecular formula is C45H49ClF3N5O6S3. The molecule has 5 N–H and O–H groups in total. The molecule has 18 heteroatoms. The van der Waals surface area contributed by atoms with Gasteiger partial charge in [0.2, 0.25) is 0 Å². The smallest absolute Gasteiger partial charge is 0.395 e. The summed E-state index contributed by atoms with van der Waals surface area (Å²) in [7, 11) is -9.19. The standard InChI is InChI=1S/C45H49ClF3N5O6S3/c1-53(27-28-55)24-23-35(30-61-37-7-3-2-4-8-37)51-41-20-19-38(29-42(41)62(57,58)45(47,48)49)63(59,60)52-44(56)33-13-17-36(18-14-33)54-25-21-32(22-26-54)43(50)40-10-6-5-9-39(40)31-11-15-34(46)16-12-31/h2-20,29,32,35,43,51,55H,21-28,30,50H2,1H3,(H,52,56). The Hall–Kier alpha value is -4.62. The van der Waals surface area contributed by atoms with Gasteiger partial charge in [0.25, 0.3) is 25.8 Å². The fraction of sp³-hybridized carbons (Fsp3) is 0.311. The van der Waals surface area contributed by atoms with E-state index in [2.05, 4.69) is 10.2 Å². The minimum atomic E-state index is -6.08. The van der Waals surface area contributed by atoms with Crippen molar-refractivity contribution >= 4 is 60.5 Å². The molecule has 6 rings (SSSR count). The molecule has 0 saturated carbocycles. The van der Waals surface area contributed by atoms with Crippen LogP contribution < -0.4 is 20.7 Å². The molecular weight excluding hydrogens is 895 g/mol. The number of carbonyl (C=O) groups excluding carboxylic acids is 1. The van der Waals surface area contributed by atoms with E-state index in [1.54, 1.807) is 19.2 Å². The molecule has 5 aromatic rings. The molecule has 11 nitrogen and oxygen atoms in total. The number of hydrogen-bond donors (Lipinski definition) is 4. The van der Waals surface area contributed by atoms with Gasteiger partial charge in [-0.15, -0.1) is 11.8 Å². The average Bonchev–Trinajstić information content (AvgIpc) is 3.27. The van der Waals surface area contributed by atoms with Crippen molar-refractivity contribution in [3.05, 3.63) is 137 Å². The quantitative estimate of drug-likeness (QED) is 0.0627. The SMILES string of the molecule is CN(CCO)CCC(CSc1ccccc1)Nc1ccc(S(=O)(=O)NC(=O)c2ccc(N3CCC(C(N)c4ccccc4-c4ccc(Cl)cc4)CC3)cc2)cc1S(=O)(=O)C(F)(F)F. The number of likely N-dealkylation sites (N-methyl/N-ethyl adjacent to an activating group) is 1. The van der Waals surface area contributed by atoms with E-state index in [1.165, 1.54) is 23.9 Å². The zero-order chi connectivity index (χ0) is 45.4. The van der Waals surface area contributed by atoms with Crippen molar-refractivity contribution < 1.29 is 39.9 Å². The number of nitrogens with zero attached hydrogens (tertiary/aromatic N) is 2. The third-order valence-corrected chi connectivity index (χ3v) is 15.3. The van der Waals surface area contributed by atoms with Crippen LogP contribution in [0.1, 0.15) is 41.2 Å². The first kappa shape index (κ1) is 47.8. The first-order valence-corrected chi connectivity index (χ1v) is 24.5. The summed E-state index contributed by atoms with van der Waals surface area (Å²) in [6, 6.07) is 32.7. The fourth-order valence-corrected chi connectivity index (χ4v) is 10.6. The number of thioether (sulfide) groups is 1. The highest BCUT2D eigenvalue weighted by Gasteiger charge is 2.48. The van der Waals surface area contributed by atoms with Crippen LogP contribution in [0, 0.1) is 5.92 Å². The number of rotatable bonds is 18. The van der Waals surface area contributed by atoms with E-state index in [0.717, 1.165) is 52.2 Å². The van der Waals surface area contributed by atoms with Crippen molar-refractivity contribution in [2.75, 3.05) is 55.8 Å². The topological polar surface area (TPSA) is 162 Å². The summed E-state index contributed by atoms with van der Waals surface area (Å²) in [6.45, 7) is 2.00. The van der Waals surface area contributed by atoms with Gasteiger partial charge >= 0.3 is 5.51 Å². The van der Waals surface area contributed by atoms with E-state index >= 15 is 0 Å². The van der Waals surface area contributed by atoms with Gasteiger partial charge in [-0.05, 0) is 122 Å². The molecule has 0 spiro atoms. The molecule has 336 valence electrons. The molecule has 1 amide bonds. The maximum Gasteiger partial charge on any atom is 0.501 e. The maximum atomic E-state index is 14.1. The number of amides is 1. The van der Waals surface area contributed by atoms with Gasteiger partial charge in [-0.1, -0.05) is 66.2 Å². The number of nitrogens with one attached hydrogen (secondary N) is 2. The summed E-state index contributed by atoms with van der Waals surface area (Å²) in [5, 5.41) is 12.9. The molecule has 63 heavy (non-hydrogen) atoms. The van der Waals surface area contributed by atoms with E-state index in [9.17, 15) is 39.9 Å². The van der Waals surface area contributed by atoms with Crippen LogP contribution in [0.25, 0.3) is 11.1 Å². The third kappa shape index (κ3) is 12.1. The lowest BCUT2D eigenvalue weighted by molar-refractivity contribution is -0.0435. The molecule has 5 aromatic carbocycles. The van der Waals surface area contributed by atoms with Crippen LogP contribution in [0.4, 0.5) is 24.5 Å².